The van der Waals surface area contributed by atoms with Gasteiger partial charge in [-0.3, -0.25) is 4.79 Å². The Morgan fingerprint density at radius 3 is 2.59 bits per heavy atom. The second-order valence-electron chi connectivity index (χ2n) is 6.01. The predicted octanol–water partition coefficient (Wildman–Crippen LogP) is 4.66. The average molecular weight is 297 g/mol. The van der Waals surface area contributed by atoms with Gasteiger partial charge in [0.1, 0.15) is 11.6 Å². The van der Waals surface area contributed by atoms with E-state index in [4.69, 9.17) is 0 Å². The molecule has 1 saturated carbocycles. The highest BCUT2D eigenvalue weighted by atomic mass is 19.1. The van der Waals surface area contributed by atoms with Crippen molar-refractivity contribution in [2.75, 3.05) is 5.32 Å². The van der Waals surface area contributed by atoms with Crippen LogP contribution in [0.15, 0.2) is 48.5 Å². The summed E-state index contributed by atoms with van der Waals surface area (Å²) in [5, 5.41) is 3.48. The second kappa shape index (κ2) is 6.30. The van der Waals surface area contributed by atoms with Crippen LogP contribution >= 0.6 is 0 Å². The Morgan fingerprint density at radius 2 is 1.95 bits per heavy atom. The van der Waals surface area contributed by atoms with Crippen LogP contribution in [0.3, 0.4) is 0 Å². The molecule has 1 aliphatic carbocycles. The summed E-state index contributed by atoms with van der Waals surface area (Å²) in [6.07, 6.45) is 2.48. The molecule has 2 aromatic rings. The number of hydrogen-bond donors (Lipinski definition) is 1. The highest BCUT2D eigenvalue weighted by molar-refractivity contribution is 5.84. The van der Waals surface area contributed by atoms with Crippen LogP contribution in [-0.2, 0) is 4.79 Å². The highest BCUT2D eigenvalue weighted by Crippen LogP contribution is 2.36. The van der Waals surface area contributed by atoms with E-state index in [1.807, 2.05) is 25.1 Å². The van der Waals surface area contributed by atoms with E-state index in [1.165, 1.54) is 17.7 Å². The number of ketones is 1. The molecule has 0 heterocycles. The molecule has 0 aliphatic heterocycles. The highest BCUT2D eigenvalue weighted by Gasteiger charge is 2.33. The van der Waals surface area contributed by atoms with E-state index in [9.17, 15) is 9.18 Å². The molecule has 0 spiro atoms. The number of carbonyl (C=O) groups excluding carboxylic acids is 1. The lowest BCUT2D eigenvalue weighted by atomic mass is 9.90. The van der Waals surface area contributed by atoms with E-state index in [0.717, 1.165) is 24.1 Å². The van der Waals surface area contributed by atoms with Crippen LogP contribution < -0.4 is 5.32 Å². The number of Topliss-reactive ketones (excluding diaryl/α,β-unsaturated/α-hetero) is 1. The largest absolute Gasteiger partial charge is 0.377 e. The maximum atomic E-state index is 13.2. The van der Waals surface area contributed by atoms with E-state index >= 15 is 0 Å². The topological polar surface area (TPSA) is 29.1 Å². The van der Waals surface area contributed by atoms with Gasteiger partial charge in [0.25, 0.3) is 0 Å². The maximum Gasteiger partial charge on any atom is 0.138 e. The molecule has 114 valence electrons. The fourth-order valence-electron chi connectivity index (χ4n) is 3.20. The van der Waals surface area contributed by atoms with Crippen molar-refractivity contribution in [1.29, 1.82) is 0 Å². The van der Waals surface area contributed by atoms with Crippen LogP contribution in [0.1, 0.15) is 36.4 Å². The Kier molecular flexibility index (Phi) is 4.23. The molecule has 1 N–H and O–H groups in total. The molecule has 1 fully saturated rings. The van der Waals surface area contributed by atoms with E-state index in [1.54, 1.807) is 12.1 Å². The maximum absolute atomic E-state index is 13.2. The van der Waals surface area contributed by atoms with Gasteiger partial charge in [0.05, 0.1) is 6.04 Å². The van der Waals surface area contributed by atoms with Crippen LogP contribution in [0.2, 0.25) is 0 Å². The van der Waals surface area contributed by atoms with E-state index < -0.39 is 0 Å². The van der Waals surface area contributed by atoms with E-state index in [-0.39, 0.29) is 17.8 Å². The molecule has 22 heavy (non-hydrogen) atoms. The van der Waals surface area contributed by atoms with Gasteiger partial charge in [-0.15, -0.1) is 0 Å². The molecule has 3 rings (SSSR count). The Balaban J connectivity index is 1.92. The predicted molar refractivity (Wildman–Crippen MR) is 86.3 cm³/mol. The summed E-state index contributed by atoms with van der Waals surface area (Å²) in [5.41, 5.74) is 3.12. The van der Waals surface area contributed by atoms with Gasteiger partial charge in [-0.25, -0.2) is 4.39 Å². The van der Waals surface area contributed by atoms with Gasteiger partial charge in [-0.2, -0.15) is 0 Å². The normalized spacial score (nSPS) is 19.2. The molecule has 0 bridgehead atoms. The standard InChI is InChI=1S/C19H20FNO/c1-13-4-2-5-16(12-13)21-19(17-6-3-7-18(17)22)14-8-10-15(20)11-9-14/h2,4-5,8-12,17,19,21H,3,6-7H2,1H3/t17-,19+/m0/s1. The van der Waals surface area contributed by atoms with Gasteiger partial charge >= 0.3 is 0 Å². The van der Waals surface area contributed by atoms with Crippen LogP contribution in [-0.4, -0.2) is 5.78 Å². The molecule has 2 atom stereocenters. The summed E-state index contributed by atoms with van der Waals surface area (Å²) >= 11 is 0. The molecule has 0 aromatic heterocycles. The fourth-order valence-corrected chi connectivity index (χ4v) is 3.20. The van der Waals surface area contributed by atoms with Crippen molar-refractivity contribution < 1.29 is 9.18 Å². The molecule has 3 heteroatoms. The van der Waals surface area contributed by atoms with Gasteiger partial charge in [-0.05, 0) is 55.2 Å². The number of benzene rings is 2. The summed E-state index contributed by atoms with van der Waals surface area (Å²) in [7, 11) is 0. The number of aryl methyl sites for hydroxylation is 1. The van der Waals surface area contributed by atoms with Gasteiger partial charge in [0, 0.05) is 18.0 Å². The smallest absolute Gasteiger partial charge is 0.138 e. The minimum absolute atomic E-state index is 0.0361. The Bertz CT molecular complexity index is 665. The minimum Gasteiger partial charge on any atom is -0.377 e. The summed E-state index contributed by atoms with van der Waals surface area (Å²) in [6, 6.07) is 14.5. The first-order chi connectivity index (χ1) is 10.6. The summed E-state index contributed by atoms with van der Waals surface area (Å²) in [6.45, 7) is 2.04. The number of nitrogens with one attached hydrogen (secondary N) is 1. The van der Waals surface area contributed by atoms with E-state index in [0.29, 0.717) is 12.2 Å². The van der Waals surface area contributed by atoms with Crippen molar-refractivity contribution in [2.24, 2.45) is 5.92 Å². The lowest BCUT2D eigenvalue weighted by Crippen LogP contribution is -2.24. The third-order valence-electron chi connectivity index (χ3n) is 4.32. The molecule has 2 aromatic carbocycles. The number of carbonyl (C=O) groups is 1. The molecule has 0 amide bonds. The quantitative estimate of drug-likeness (QED) is 0.889. The monoisotopic (exact) mass is 297 g/mol. The zero-order valence-electron chi connectivity index (χ0n) is 12.7. The summed E-state index contributed by atoms with van der Waals surface area (Å²) < 4.78 is 13.2. The van der Waals surface area contributed by atoms with Gasteiger partial charge in [-0.1, -0.05) is 24.3 Å². The molecule has 0 radical (unpaired) electrons. The van der Waals surface area contributed by atoms with Gasteiger partial charge in [0.2, 0.25) is 0 Å². The van der Waals surface area contributed by atoms with Crippen molar-refractivity contribution in [1.82, 2.24) is 0 Å². The lowest BCUT2D eigenvalue weighted by molar-refractivity contribution is -0.121. The first-order valence-corrected chi connectivity index (χ1v) is 7.75. The van der Waals surface area contributed by atoms with Crippen LogP contribution in [0.25, 0.3) is 0 Å². The van der Waals surface area contributed by atoms with Crippen molar-refractivity contribution in [3.63, 3.8) is 0 Å². The molecular weight excluding hydrogens is 277 g/mol. The van der Waals surface area contributed by atoms with Gasteiger partial charge < -0.3 is 5.32 Å². The average Bonchev–Trinajstić information content (AvgIpc) is 2.92. The Hall–Kier alpha value is -2.16. The third kappa shape index (κ3) is 3.19. The Labute approximate surface area is 130 Å². The second-order valence-corrected chi connectivity index (χ2v) is 6.01. The molecule has 0 unspecified atom stereocenters. The number of rotatable bonds is 4. The van der Waals surface area contributed by atoms with Crippen LogP contribution in [0.4, 0.5) is 10.1 Å². The third-order valence-corrected chi connectivity index (χ3v) is 4.32. The van der Waals surface area contributed by atoms with E-state index in [2.05, 4.69) is 11.4 Å². The molecule has 2 nitrogen and oxygen atoms in total. The lowest BCUT2D eigenvalue weighted by Gasteiger charge is -2.25. The van der Waals surface area contributed by atoms with Crippen LogP contribution in [0, 0.1) is 18.7 Å². The zero-order chi connectivity index (χ0) is 15.5. The molecule has 0 saturated heterocycles. The van der Waals surface area contributed by atoms with Crippen molar-refractivity contribution in [2.45, 2.75) is 32.2 Å². The Morgan fingerprint density at radius 1 is 1.18 bits per heavy atom. The minimum atomic E-state index is -0.254. The first-order valence-electron chi connectivity index (χ1n) is 7.75. The SMILES string of the molecule is Cc1cccc(N[C@H](c2ccc(F)cc2)[C@H]2CCCC2=O)c1. The first kappa shape index (κ1) is 14.8. The number of anilines is 1. The zero-order valence-corrected chi connectivity index (χ0v) is 12.7. The fraction of sp³-hybridized carbons (Fsp3) is 0.316. The number of hydrogen-bond acceptors (Lipinski definition) is 2. The van der Waals surface area contributed by atoms with Crippen molar-refractivity contribution in [3.8, 4) is 0 Å². The van der Waals surface area contributed by atoms with Crippen LogP contribution in [0.5, 0.6) is 0 Å². The summed E-state index contributed by atoms with van der Waals surface area (Å²) in [5.74, 6) is 0.0104. The molecular formula is C19H20FNO. The molecule has 1 aliphatic rings. The summed E-state index contributed by atoms with van der Waals surface area (Å²) in [4.78, 5) is 12.2. The van der Waals surface area contributed by atoms with Crippen molar-refractivity contribution >= 4 is 11.5 Å². The number of halogens is 1. The van der Waals surface area contributed by atoms with Gasteiger partial charge in [0.15, 0.2) is 0 Å². The van der Waals surface area contributed by atoms with Crippen molar-refractivity contribution in [3.05, 3.63) is 65.5 Å².